The van der Waals surface area contributed by atoms with Crippen LogP contribution in [-0.2, 0) is 6.54 Å². The van der Waals surface area contributed by atoms with Gasteiger partial charge in [-0.25, -0.2) is 0 Å². The Hall–Kier alpha value is -1.68. The minimum atomic E-state index is 0.197. The second-order valence-corrected chi connectivity index (χ2v) is 4.75. The molecule has 0 radical (unpaired) electrons. The minimum absolute atomic E-state index is 0.197. The van der Waals surface area contributed by atoms with Gasteiger partial charge in [-0.1, -0.05) is 6.92 Å². The molecule has 1 atom stereocenters. The molecule has 2 rings (SSSR count). The number of aryl methyl sites for hydroxylation is 2. The third kappa shape index (κ3) is 3.20. The van der Waals surface area contributed by atoms with Crippen LogP contribution in [0.25, 0.3) is 0 Å². The molecule has 4 heteroatoms. The van der Waals surface area contributed by atoms with E-state index in [1.54, 1.807) is 0 Å². The van der Waals surface area contributed by atoms with Crippen molar-refractivity contribution in [3.05, 3.63) is 47.5 Å². The van der Waals surface area contributed by atoms with Gasteiger partial charge in [0.05, 0.1) is 12.2 Å². The Morgan fingerprint density at radius 2 is 2.16 bits per heavy atom. The quantitative estimate of drug-likeness (QED) is 0.866. The molecule has 0 spiro atoms. The SMILES string of the molecule is CCCNC(c1cnn(CC)c1)c1ccncc1C. The van der Waals surface area contributed by atoms with E-state index in [0.29, 0.717) is 0 Å². The maximum Gasteiger partial charge on any atom is 0.0611 e. The highest BCUT2D eigenvalue weighted by atomic mass is 15.3. The summed E-state index contributed by atoms with van der Waals surface area (Å²) in [5, 5.41) is 7.98. The Morgan fingerprint density at radius 1 is 1.32 bits per heavy atom. The van der Waals surface area contributed by atoms with E-state index >= 15 is 0 Å². The summed E-state index contributed by atoms with van der Waals surface area (Å²) in [5.41, 5.74) is 3.70. The predicted octanol–water partition coefficient (Wildman–Crippen LogP) is 2.70. The molecule has 0 aliphatic heterocycles. The van der Waals surface area contributed by atoms with E-state index in [1.165, 1.54) is 16.7 Å². The van der Waals surface area contributed by atoms with Crippen molar-refractivity contribution in [1.29, 1.82) is 0 Å². The van der Waals surface area contributed by atoms with Crippen molar-refractivity contribution in [2.45, 2.75) is 39.8 Å². The maximum absolute atomic E-state index is 4.38. The van der Waals surface area contributed by atoms with E-state index in [0.717, 1.165) is 19.5 Å². The van der Waals surface area contributed by atoms with E-state index < -0.39 is 0 Å². The molecule has 0 saturated heterocycles. The van der Waals surface area contributed by atoms with Crippen molar-refractivity contribution in [3.8, 4) is 0 Å². The molecular formula is C15H22N4. The van der Waals surface area contributed by atoms with Crippen molar-refractivity contribution in [2.75, 3.05) is 6.54 Å². The lowest BCUT2D eigenvalue weighted by molar-refractivity contribution is 0.593. The highest BCUT2D eigenvalue weighted by molar-refractivity contribution is 5.33. The molecule has 1 unspecified atom stereocenters. The molecule has 0 aliphatic rings. The van der Waals surface area contributed by atoms with Crippen molar-refractivity contribution in [1.82, 2.24) is 20.1 Å². The van der Waals surface area contributed by atoms with Crippen LogP contribution in [0.1, 0.15) is 43.0 Å². The van der Waals surface area contributed by atoms with Crippen LogP contribution in [0.15, 0.2) is 30.9 Å². The second-order valence-electron chi connectivity index (χ2n) is 4.75. The van der Waals surface area contributed by atoms with Gasteiger partial charge in [0.25, 0.3) is 0 Å². The summed E-state index contributed by atoms with van der Waals surface area (Å²) in [6, 6.07) is 2.29. The van der Waals surface area contributed by atoms with Crippen molar-refractivity contribution in [3.63, 3.8) is 0 Å². The lowest BCUT2D eigenvalue weighted by Gasteiger charge is -2.19. The summed E-state index contributed by atoms with van der Waals surface area (Å²) in [7, 11) is 0. The van der Waals surface area contributed by atoms with Gasteiger partial charge in [0, 0.05) is 30.7 Å². The number of nitrogens with zero attached hydrogens (tertiary/aromatic N) is 3. The van der Waals surface area contributed by atoms with Gasteiger partial charge in [-0.15, -0.1) is 0 Å². The summed E-state index contributed by atoms with van der Waals surface area (Å²) >= 11 is 0. The maximum atomic E-state index is 4.38. The van der Waals surface area contributed by atoms with Gasteiger partial charge in [-0.3, -0.25) is 9.67 Å². The Kier molecular flexibility index (Phi) is 4.68. The molecule has 1 N–H and O–H groups in total. The first-order chi connectivity index (χ1) is 9.26. The average molecular weight is 258 g/mol. The van der Waals surface area contributed by atoms with E-state index in [9.17, 15) is 0 Å². The fourth-order valence-corrected chi connectivity index (χ4v) is 2.21. The van der Waals surface area contributed by atoms with Crippen molar-refractivity contribution < 1.29 is 0 Å². The molecule has 0 saturated carbocycles. The topological polar surface area (TPSA) is 42.7 Å². The zero-order valence-corrected chi connectivity index (χ0v) is 11.9. The lowest BCUT2D eigenvalue weighted by atomic mass is 9.98. The number of hydrogen-bond donors (Lipinski definition) is 1. The van der Waals surface area contributed by atoms with Crippen LogP contribution in [0.2, 0.25) is 0 Å². The van der Waals surface area contributed by atoms with Crippen molar-refractivity contribution >= 4 is 0 Å². The number of hydrogen-bond acceptors (Lipinski definition) is 3. The Morgan fingerprint density at radius 3 is 2.79 bits per heavy atom. The fourth-order valence-electron chi connectivity index (χ4n) is 2.21. The van der Waals surface area contributed by atoms with Crippen LogP contribution in [0, 0.1) is 6.92 Å². The molecule has 19 heavy (non-hydrogen) atoms. The molecular weight excluding hydrogens is 236 g/mol. The molecule has 2 heterocycles. The smallest absolute Gasteiger partial charge is 0.0611 e. The number of pyridine rings is 1. The van der Waals surface area contributed by atoms with Crippen LogP contribution in [0.5, 0.6) is 0 Å². The largest absolute Gasteiger partial charge is 0.306 e. The van der Waals surface area contributed by atoms with E-state index in [4.69, 9.17) is 0 Å². The van der Waals surface area contributed by atoms with Gasteiger partial charge < -0.3 is 5.32 Å². The van der Waals surface area contributed by atoms with Gasteiger partial charge in [0.2, 0.25) is 0 Å². The van der Waals surface area contributed by atoms with Gasteiger partial charge >= 0.3 is 0 Å². The summed E-state index contributed by atoms with van der Waals surface area (Å²) in [6.07, 6.45) is 8.96. The Bertz CT molecular complexity index is 518. The number of rotatable bonds is 6. The highest BCUT2D eigenvalue weighted by Gasteiger charge is 2.16. The van der Waals surface area contributed by atoms with Gasteiger partial charge in [0.15, 0.2) is 0 Å². The molecule has 0 aliphatic carbocycles. The number of aromatic nitrogens is 3. The van der Waals surface area contributed by atoms with Crippen LogP contribution in [-0.4, -0.2) is 21.3 Å². The zero-order chi connectivity index (χ0) is 13.7. The molecule has 0 amide bonds. The van der Waals surface area contributed by atoms with Crippen molar-refractivity contribution in [2.24, 2.45) is 0 Å². The normalized spacial score (nSPS) is 12.6. The van der Waals surface area contributed by atoms with E-state index in [-0.39, 0.29) is 6.04 Å². The molecule has 4 nitrogen and oxygen atoms in total. The summed E-state index contributed by atoms with van der Waals surface area (Å²) in [5.74, 6) is 0. The first kappa shape index (κ1) is 13.7. The highest BCUT2D eigenvalue weighted by Crippen LogP contribution is 2.23. The molecule has 2 aromatic rings. The summed E-state index contributed by atoms with van der Waals surface area (Å²) in [4.78, 5) is 4.17. The third-order valence-electron chi connectivity index (χ3n) is 3.28. The predicted molar refractivity (Wildman–Crippen MR) is 77.0 cm³/mol. The molecule has 0 aromatic carbocycles. The monoisotopic (exact) mass is 258 g/mol. The average Bonchev–Trinajstić information content (AvgIpc) is 2.90. The zero-order valence-electron chi connectivity index (χ0n) is 11.9. The van der Waals surface area contributed by atoms with Gasteiger partial charge in [0.1, 0.15) is 0 Å². The van der Waals surface area contributed by atoms with Crippen LogP contribution in [0.3, 0.4) is 0 Å². The van der Waals surface area contributed by atoms with E-state index in [1.807, 2.05) is 23.3 Å². The first-order valence-electron chi connectivity index (χ1n) is 6.92. The molecule has 0 fully saturated rings. The van der Waals surface area contributed by atoms with Crippen LogP contribution < -0.4 is 5.32 Å². The standard InChI is InChI=1S/C15H22N4/c1-4-7-17-15(13-10-18-19(5-2)11-13)14-6-8-16-9-12(14)3/h6,8-11,15,17H,4-5,7H2,1-3H3. The molecule has 2 aromatic heterocycles. The van der Waals surface area contributed by atoms with Crippen LogP contribution in [0.4, 0.5) is 0 Å². The Labute approximate surface area is 114 Å². The molecule has 102 valence electrons. The fraction of sp³-hybridized carbons (Fsp3) is 0.467. The molecule has 0 bridgehead atoms. The van der Waals surface area contributed by atoms with Crippen LogP contribution >= 0.6 is 0 Å². The summed E-state index contributed by atoms with van der Waals surface area (Å²) in [6.45, 7) is 8.27. The Balaban J connectivity index is 2.32. The second kappa shape index (κ2) is 6.48. The third-order valence-corrected chi connectivity index (χ3v) is 3.28. The summed E-state index contributed by atoms with van der Waals surface area (Å²) < 4.78 is 1.96. The number of nitrogens with one attached hydrogen (secondary N) is 1. The minimum Gasteiger partial charge on any atom is -0.306 e. The van der Waals surface area contributed by atoms with E-state index in [2.05, 4.69) is 48.4 Å². The van der Waals surface area contributed by atoms with Gasteiger partial charge in [-0.2, -0.15) is 5.10 Å². The first-order valence-corrected chi connectivity index (χ1v) is 6.92. The lowest BCUT2D eigenvalue weighted by Crippen LogP contribution is -2.23. The van der Waals surface area contributed by atoms with Gasteiger partial charge in [-0.05, 0) is 44.0 Å².